The highest BCUT2D eigenvalue weighted by Crippen LogP contribution is 2.26. The first-order valence-corrected chi connectivity index (χ1v) is 4.81. The van der Waals surface area contributed by atoms with E-state index in [9.17, 15) is 13.6 Å². The summed E-state index contributed by atoms with van der Waals surface area (Å²) in [5.41, 5.74) is -0.950. The molecule has 0 unspecified atom stereocenters. The molecule has 0 aromatic carbocycles. The van der Waals surface area contributed by atoms with Crippen LogP contribution in [0, 0.1) is 11.3 Å². The van der Waals surface area contributed by atoms with Gasteiger partial charge in [0.1, 0.15) is 11.8 Å². The Hall–Kier alpha value is -1.74. The molecule has 1 heterocycles. The molecule has 0 fully saturated rings. The van der Waals surface area contributed by atoms with Crippen LogP contribution >= 0.6 is 11.6 Å². The predicted octanol–water partition coefficient (Wildman–Crippen LogP) is 2.26. The molecule has 1 rings (SSSR count). The van der Waals surface area contributed by atoms with Crippen LogP contribution in [0.4, 0.5) is 8.78 Å². The van der Waals surface area contributed by atoms with Crippen molar-refractivity contribution in [2.24, 2.45) is 0 Å². The van der Waals surface area contributed by atoms with E-state index >= 15 is 0 Å². The van der Waals surface area contributed by atoms with Crippen LogP contribution in [0.5, 0.6) is 0 Å². The Morgan fingerprint density at radius 1 is 1.71 bits per heavy atom. The number of hydrogen-bond acceptors (Lipinski definition) is 4. The minimum absolute atomic E-state index is 0.0412. The fraction of sp³-hybridized carbons (Fsp3) is 0.300. The summed E-state index contributed by atoms with van der Waals surface area (Å²) in [6.45, 7) is 0. The smallest absolute Gasteiger partial charge is 0.311 e. The standard InChI is InChI=1S/C10H7ClF2N2O2/c1-17-9(16)3-7-6(11)2-5(10(12)13)8(4-14)15-7/h2,10H,3H2,1H3. The van der Waals surface area contributed by atoms with Gasteiger partial charge in [-0.25, -0.2) is 13.8 Å². The van der Waals surface area contributed by atoms with E-state index in [0.717, 1.165) is 6.07 Å². The number of hydrogen-bond donors (Lipinski definition) is 0. The van der Waals surface area contributed by atoms with E-state index in [4.69, 9.17) is 16.9 Å². The number of ether oxygens (including phenoxy) is 1. The van der Waals surface area contributed by atoms with Gasteiger partial charge in [0.2, 0.25) is 0 Å². The molecular formula is C10H7ClF2N2O2. The zero-order valence-corrected chi connectivity index (χ0v) is 9.46. The van der Waals surface area contributed by atoms with Crippen LogP contribution < -0.4 is 0 Å². The second-order valence-electron chi connectivity index (χ2n) is 3.02. The van der Waals surface area contributed by atoms with Gasteiger partial charge in [-0.3, -0.25) is 4.79 Å². The van der Waals surface area contributed by atoms with Crippen molar-refractivity contribution in [2.45, 2.75) is 12.8 Å². The van der Waals surface area contributed by atoms with Gasteiger partial charge in [0.05, 0.1) is 29.8 Å². The summed E-state index contributed by atoms with van der Waals surface area (Å²) in [5.74, 6) is -0.618. The SMILES string of the molecule is COC(=O)Cc1nc(C#N)c(C(F)F)cc1Cl. The van der Waals surface area contributed by atoms with Crippen LogP contribution in [-0.4, -0.2) is 18.1 Å². The molecular weight excluding hydrogens is 254 g/mol. The number of methoxy groups -OCH3 is 1. The first kappa shape index (κ1) is 13.3. The summed E-state index contributed by atoms with van der Waals surface area (Å²) in [4.78, 5) is 14.6. The number of alkyl halides is 2. The molecule has 1 aromatic rings. The average Bonchev–Trinajstić information content (AvgIpc) is 2.30. The van der Waals surface area contributed by atoms with Crippen molar-refractivity contribution in [1.82, 2.24) is 4.98 Å². The molecule has 4 nitrogen and oxygen atoms in total. The van der Waals surface area contributed by atoms with E-state index in [2.05, 4.69) is 9.72 Å². The Balaban J connectivity index is 3.19. The third-order valence-corrected chi connectivity index (χ3v) is 2.29. The molecule has 0 saturated carbocycles. The van der Waals surface area contributed by atoms with Crippen LogP contribution in [0.3, 0.4) is 0 Å². The van der Waals surface area contributed by atoms with Gasteiger partial charge in [-0.2, -0.15) is 5.26 Å². The van der Waals surface area contributed by atoms with Crippen molar-refractivity contribution in [2.75, 3.05) is 7.11 Å². The van der Waals surface area contributed by atoms with Crippen molar-refractivity contribution in [3.05, 3.63) is 28.0 Å². The van der Waals surface area contributed by atoms with Crippen molar-refractivity contribution >= 4 is 17.6 Å². The molecule has 0 aliphatic carbocycles. The molecule has 0 aliphatic rings. The highest BCUT2D eigenvalue weighted by molar-refractivity contribution is 6.31. The lowest BCUT2D eigenvalue weighted by Crippen LogP contribution is -2.08. The molecule has 0 atom stereocenters. The molecule has 0 bridgehead atoms. The van der Waals surface area contributed by atoms with Gasteiger partial charge in [0, 0.05) is 0 Å². The van der Waals surface area contributed by atoms with Crippen LogP contribution in [0.25, 0.3) is 0 Å². The maximum absolute atomic E-state index is 12.5. The van der Waals surface area contributed by atoms with Gasteiger partial charge in [0.15, 0.2) is 0 Å². The average molecular weight is 261 g/mol. The molecule has 0 spiro atoms. The maximum atomic E-state index is 12.5. The summed E-state index contributed by atoms with van der Waals surface area (Å²) in [6.07, 6.45) is -3.12. The van der Waals surface area contributed by atoms with Crippen LogP contribution in [0.2, 0.25) is 5.02 Å². The van der Waals surface area contributed by atoms with E-state index in [0.29, 0.717) is 0 Å². The molecule has 1 aromatic heterocycles. The van der Waals surface area contributed by atoms with Gasteiger partial charge in [-0.1, -0.05) is 11.6 Å². The van der Waals surface area contributed by atoms with Crippen molar-refractivity contribution in [3.63, 3.8) is 0 Å². The fourth-order valence-corrected chi connectivity index (χ4v) is 1.36. The largest absolute Gasteiger partial charge is 0.469 e. The molecule has 0 amide bonds. The van der Waals surface area contributed by atoms with Gasteiger partial charge in [0.25, 0.3) is 6.43 Å². The lowest BCUT2D eigenvalue weighted by atomic mass is 10.1. The number of carbonyl (C=O) groups is 1. The highest BCUT2D eigenvalue weighted by atomic mass is 35.5. The number of esters is 1. The first-order valence-electron chi connectivity index (χ1n) is 4.44. The van der Waals surface area contributed by atoms with E-state index in [-0.39, 0.29) is 17.1 Å². The van der Waals surface area contributed by atoms with E-state index in [1.54, 1.807) is 0 Å². The molecule has 0 N–H and O–H groups in total. The summed E-state index contributed by atoms with van der Waals surface area (Å²) in [6, 6.07) is 2.47. The lowest BCUT2D eigenvalue weighted by Gasteiger charge is -2.07. The first-order chi connectivity index (χ1) is 7.99. The minimum atomic E-state index is -2.85. The third kappa shape index (κ3) is 3.11. The van der Waals surface area contributed by atoms with Gasteiger partial charge < -0.3 is 4.74 Å². The van der Waals surface area contributed by atoms with Gasteiger partial charge in [-0.15, -0.1) is 0 Å². The number of carbonyl (C=O) groups excluding carboxylic acids is 1. The Bertz CT molecular complexity index is 486. The number of nitrogens with zero attached hydrogens (tertiary/aromatic N) is 2. The van der Waals surface area contributed by atoms with Gasteiger partial charge in [-0.05, 0) is 6.07 Å². The van der Waals surface area contributed by atoms with E-state index in [1.165, 1.54) is 13.2 Å². The van der Waals surface area contributed by atoms with Crippen LogP contribution in [-0.2, 0) is 16.0 Å². The lowest BCUT2D eigenvalue weighted by molar-refractivity contribution is -0.139. The zero-order valence-electron chi connectivity index (χ0n) is 8.71. The quantitative estimate of drug-likeness (QED) is 0.782. The minimum Gasteiger partial charge on any atom is -0.469 e. The second kappa shape index (κ2) is 5.55. The Labute approximate surface area is 101 Å². The second-order valence-corrected chi connectivity index (χ2v) is 3.43. The summed E-state index contributed by atoms with van der Waals surface area (Å²) in [7, 11) is 1.18. The third-order valence-electron chi connectivity index (χ3n) is 1.96. The number of nitriles is 1. The number of pyridine rings is 1. The summed E-state index contributed by atoms with van der Waals surface area (Å²) >= 11 is 5.69. The van der Waals surface area contributed by atoms with Crippen molar-refractivity contribution < 1.29 is 18.3 Å². The monoisotopic (exact) mass is 260 g/mol. The molecule has 7 heteroatoms. The fourth-order valence-electron chi connectivity index (χ4n) is 1.13. The Morgan fingerprint density at radius 2 is 2.35 bits per heavy atom. The number of halogens is 3. The molecule has 0 aliphatic heterocycles. The number of aromatic nitrogens is 1. The predicted molar refractivity (Wildman–Crippen MR) is 54.6 cm³/mol. The molecule has 17 heavy (non-hydrogen) atoms. The highest BCUT2D eigenvalue weighted by Gasteiger charge is 2.19. The van der Waals surface area contributed by atoms with Crippen LogP contribution in [0.15, 0.2) is 6.07 Å². The van der Waals surface area contributed by atoms with Crippen molar-refractivity contribution in [1.29, 1.82) is 5.26 Å². The summed E-state index contributed by atoms with van der Waals surface area (Å²) in [5, 5.41) is 8.58. The topological polar surface area (TPSA) is 63.0 Å². The Kier molecular flexibility index (Phi) is 4.35. The number of rotatable bonds is 3. The zero-order chi connectivity index (χ0) is 13.0. The van der Waals surface area contributed by atoms with E-state index < -0.39 is 23.7 Å². The van der Waals surface area contributed by atoms with E-state index in [1.807, 2.05) is 0 Å². The molecule has 90 valence electrons. The van der Waals surface area contributed by atoms with Crippen LogP contribution in [0.1, 0.15) is 23.4 Å². The molecule has 0 radical (unpaired) electrons. The molecule has 0 saturated heterocycles. The summed E-state index contributed by atoms with van der Waals surface area (Å²) < 4.78 is 29.4. The maximum Gasteiger partial charge on any atom is 0.311 e. The van der Waals surface area contributed by atoms with Gasteiger partial charge >= 0.3 is 5.97 Å². The van der Waals surface area contributed by atoms with Crippen molar-refractivity contribution in [3.8, 4) is 6.07 Å². The normalized spacial score (nSPS) is 10.1. The Morgan fingerprint density at radius 3 is 2.82 bits per heavy atom.